The molecule has 0 aliphatic carbocycles. The molecular weight excluding hydrogens is 264 g/mol. The molecule has 112 valence electrons. The molecular formula is C17H22N2O2. The van der Waals surface area contributed by atoms with Crippen LogP contribution >= 0.6 is 0 Å². The fourth-order valence-electron chi connectivity index (χ4n) is 1.91. The first kappa shape index (κ1) is 15.2. The molecule has 0 amide bonds. The smallest absolute Gasteiger partial charge is 0.138 e. The average molecular weight is 286 g/mol. The van der Waals surface area contributed by atoms with E-state index in [2.05, 4.69) is 24.1 Å². The zero-order valence-electron chi connectivity index (χ0n) is 12.8. The maximum atomic E-state index is 9.79. The summed E-state index contributed by atoms with van der Waals surface area (Å²) in [6.45, 7) is 6.53. The Morgan fingerprint density at radius 2 is 2.10 bits per heavy atom. The highest BCUT2D eigenvalue weighted by Gasteiger charge is 2.05. The lowest BCUT2D eigenvalue weighted by molar-refractivity contribution is 0.217. The molecule has 4 nitrogen and oxygen atoms in total. The fourth-order valence-corrected chi connectivity index (χ4v) is 1.91. The summed E-state index contributed by atoms with van der Waals surface area (Å²) in [7, 11) is 0. The minimum absolute atomic E-state index is 0.197. The first-order chi connectivity index (χ1) is 10.1. The van der Waals surface area contributed by atoms with Gasteiger partial charge >= 0.3 is 0 Å². The van der Waals surface area contributed by atoms with Crippen molar-refractivity contribution in [1.29, 1.82) is 0 Å². The van der Waals surface area contributed by atoms with Gasteiger partial charge in [0.1, 0.15) is 17.2 Å². The Kier molecular flexibility index (Phi) is 5.04. The van der Waals surface area contributed by atoms with E-state index in [9.17, 15) is 5.11 Å². The number of aromatic nitrogens is 1. The normalized spacial score (nSPS) is 12.0. The molecule has 1 aromatic carbocycles. The van der Waals surface area contributed by atoms with Gasteiger partial charge in [0.2, 0.25) is 0 Å². The third kappa shape index (κ3) is 4.38. The predicted molar refractivity (Wildman–Crippen MR) is 84.8 cm³/mol. The number of benzene rings is 1. The maximum absolute atomic E-state index is 9.79. The predicted octanol–water partition coefficient (Wildman–Crippen LogP) is 3.89. The summed E-state index contributed by atoms with van der Waals surface area (Å²) in [5.74, 6) is 1.05. The highest BCUT2D eigenvalue weighted by Crippen LogP contribution is 2.21. The average Bonchev–Trinajstić information content (AvgIpc) is 2.48. The molecule has 0 spiro atoms. The molecule has 1 aromatic heterocycles. The molecule has 2 aromatic rings. The standard InChI is InChI=1S/C17H22N2O2/c1-4-13(3)21-15-7-5-6-14(10-15)18-11-16-17(20)9-8-12(2)19-16/h5-10,13,18,20H,4,11H2,1-3H3. The van der Waals surface area contributed by atoms with E-state index in [0.717, 1.165) is 23.6 Å². The second-order valence-corrected chi connectivity index (χ2v) is 5.14. The highest BCUT2D eigenvalue weighted by molar-refractivity contribution is 5.49. The van der Waals surface area contributed by atoms with Crippen LogP contribution in [0.15, 0.2) is 36.4 Å². The Labute approximate surface area is 125 Å². The van der Waals surface area contributed by atoms with E-state index in [1.165, 1.54) is 0 Å². The van der Waals surface area contributed by atoms with Crippen molar-refractivity contribution in [3.05, 3.63) is 47.8 Å². The van der Waals surface area contributed by atoms with Gasteiger partial charge in [0.05, 0.1) is 12.6 Å². The van der Waals surface area contributed by atoms with Gasteiger partial charge in [0, 0.05) is 17.4 Å². The molecule has 1 atom stereocenters. The second kappa shape index (κ2) is 6.97. The Morgan fingerprint density at radius 3 is 2.86 bits per heavy atom. The summed E-state index contributed by atoms with van der Waals surface area (Å²) in [5.41, 5.74) is 2.47. The summed E-state index contributed by atoms with van der Waals surface area (Å²) in [4.78, 5) is 4.33. The molecule has 1 unspecified atom stereocenters. The van der Waals surface area contributed by atoms with E-state index < -0.39 is 0 Å². The number of nitrogens with zero attached hydrogens (tertiary/aromatic N) is 1. The largest absolute Gasteiger partial charge is 0.506 e. The summed E-state index contributed by atoms with van der Waals surface area (Å²) in [6.07, 6.45) is 1.17. The maximum Gasteiger partial charge on any atom is 0.138 e. The van der Waals surface area contributed by atoms with Crippen molar-refractivity contribution in [3.63, 3.8) is 0 Å². The summed E-state index contributed by atoms with van der Waals surface area (Å²) in [5, 5.41) is 13.0. The first-order valence-corrected chi connectivity index (χ1v) is 7.24. The van der Waals surface area contributed by atoms with E-state index in [1.54, 1.807) is 12.1 Å². The number of pyridine rings is 1. The number of hydrogen-bond acceptors (Lipinski definition) is 4. The summed E-state index contributed by atoms with van der Waals surface area (Å²) < 4.78 is 5.79. The molecule has 0 fully saturated rings. The van der Waals surface area contributed by atoms with Gasteiger partial charge in [0.25, 0.3) is 0 Å². The minimum atomic E-state index is 0.197. The minimum Gasteiger partial charge on any atom is -0.506 e. The van der Waals surface area contributed by atoms with Crippen LogP contribution in [0.3, 0.4) is 0 Å². The van der Waals surface area contributed by atoms with E-state index in [1.807, 2.05) is 31.2 Å². The Balaban J connectivity index is 2.03. The molecule has 1 heterocycles. The third-order valence-corrected chi connectivity index (χ3v) is 3.30. The van der Waals surface area contributed by atoms with Crippen molar-refractivity contribution < 1.29 is 9.84 Å². The van der Waals surface area contributed by atoms with Gasteiger partial charge in [0.15, 0.2) is 0 Å². The SMILES string of the molecule is CCC(C)Oc1cccc(NCc2nc(C)ccc2O)c1. The first-order valence-electron chi connectivity index (χ1n) is 7.24. The van der Waals surface area contributed by atoms with Gasteiger partial charge in [-0.2, -0.15) is 0 Å². The number of aromatic hydroxyl groups is 1. The molecule has 0 aliphatic heterocycles. The fraction of sp³-hybridized carbons (Fsp3) is 0.353. The van der Waals surface area contributed by atoms with Gasteiger partial charge in [-0.15, -0.1) is 0 Å². The number of nitrogens with one attached hydrogen (secondary N) is 1. The van der Waals surface area contributed by atoms with E-state index in [-0.39, 0.29) is 11.9 Å². The zero-order chi connectivity index (χ0) is 15.2. The molecule has 0 radical (unpaired) electrons. The third-order valence-electron chi connectivity index (χ3n) is 3.30. The van der Waals surface area contributed by atoms with Crippen LogP contribution in [0.2, 0.25) is 0 Å². The van der Waals surface area contributed by atoms with Crippen LogP contribution in [0.25, 0.3) is 0 Å². The molecule has 2 N–H and O–H groups in total. The van der Waals surface area contributed by atoms with Crippen LogP contribution in [0.5, 0.6) is 11.5 Å². The number of aryl methyl sites for hydroxylation is 1. The summed E-state index contributed by atoms with van der Waals surface area (Å²) >= 11 is 0. The van der Waals surface area contributed by atoms with Crippen molar-refractivity contribution in [2.75, 3.05) is 5.32 Å². The molecule has 2 rings (SSSR count). The van der Waals surface area contributed by atoms with Crippen LogP contribution in [-0.2, 0) is 6.54 Å². The molecule has 0 saturated heterocycles. The number of hydrogen-bond donors (Lipinski definition) is 2. The zero-order valence-corrected chi connectivity index (χ0v) is 12.8. The van der Waals surface area contributed by atoms with E-state index in [4.69, 9.17) is 4.74 Å². The lowest BCUT2D eigenvalue weighted by Crippen LogP contribution is -2.10. The quantitative estimate of drug-likeness (QED) is 0.846. The highest BCUT2D eigenvalue weighted by atomic mass is 16.5. The lowest BCUT2D eigenvalue weighted by atomic mass is 10.2. The molecule has 0 aliphatic rings. The van der Waals surface area contributed by atoms with Crippen LogP contribution in [0, 0.1) is 6.92 Å². The van der Waals surface area contributed by atoms with Gasteiger partial charge in [-0.1, -0.05) is 13.0 Å². The molecule has 4 heteroatoms. The summed E-state index contributed by atoms with van der Waals surface area (Å²) in [6, 6.07) is 11.3. The van der Waals surface area contributed by atoms with Gasteiger partial charge in [-0.25, -0.2) is 0 Å². The lowest BCUT2D eigenvalue weighted by Gasteiger charge is -2.14. The van der Waals surface area contributed by atoms with Crippen molar-refractivity contribution in [1.82, 2.24) is 4.98 Å². The van der Waals surface area contributed by atoms with Gasteiger partial charge in [-0.3, -0.25) is 4.98 Å². The van der Waals surface area contributed by atoms with Gasteiger partial charge < -0.3 is 15.2 Å². The topological polar surface area (TPSA) is 54.4 Å². The van der Waals surface area contributed by atoms with Crippen LogP contribution in [0.1, 0.15) is 31.7 Å². The molecule has 21 heavy (non-hydrogen) atoms. The van der Waals surface area contributed by atoms with E-state index >= 15 is 0 Å². The van der Waals surface area contributed by atoms with E-state index in [0.29, 0.717) is 12.2 Å². The monoisotopic (exact) mass is 286 g/mol. The Hall–Kier alpha value is -2.23. The van der Waals surface area contributed by atoms with Crippen LogP contribution in [-0.4, -0.2) is 16.2 Å². The van der Waals surface area contributed by atoms with Crippen LogP contribution < -0.4 is 10.1 Å². The van der Waals surface area contributed by atoms with Crippen molar-refractivity contribution in [3.8, 4) is 11.5 Å². The van der Waals surface area contributed by atoms with Crippen molar-refractivity contribution in [2.45, 2.75) is 39.8 Å². The van der Waals surface area contributed by atoms with Crippen molar-refractivity contribution >= 4 is 5.69 Å². The molecule has 0 bridgehead atoms. The van der Waals surface area contributed by atoms with Gasteiger partial charge in [-0.05, 0) is 44.5 Å². The molecule has 0 saturated carbocycles. The van der Waals surface area contributed by atoms with Crippen molar-refractivity contribution in [2.24, 2.45) is 0 Å². The second-order valence-electron chi connectivity index (χ2n) is 5.14. The Morgan fingerprint density at radius 1 is 1.29 bits per heavy atom. The number of anilines is 1. The number of ether oxygens (including phenoxy) is 1. The number of rotatable bonds is 6. The Bertz CT molecular complexity index is 599. The van der Waals surface area contributed by atoms with Crippen LogP contribution in [0.4, 0.5) is 5.69 Å².